The molecule has 0 aliphatic carbocycles. The summed E-state index contributed by atoms with van der Waals surface area (Å²) >= 11 is 0. The number of anilines is 4. The van der Waals surface area contributed by atoms with E-state index in [1.54, 1.807) is 0 Å². The number of hydrogen-bond donors (Lipinski definition) is 4. The van der Waals surface area contributed by atoms with Gasteiger partial charge in [0.1, 0.15) is 0 Å². The monoisotopic (exact) mass is 1100 g/mol. The van der Waals surface area contributed by atoms with E-state index < -0.39 is 0 Å². The van der Waals surface area contributed by atoms with Crippen molar-refractivity contribution in [1.29, 1.82) is 0 Å². The third-order valence-corrected chi connectivity index (χ3v) is 13.7. The molecule has 0 saturated heterocycles. The molecule has 0 aliphatic heterocycles. The smallest absolute Gasteiger partial charge is 0.221 e. The first-order chi connectivity index (χ1) is 40.6. The van der Waals surface area contributed by atoms with Crippen LogP contribution in [0.25, 0.3) is 88.6 Å². The molecule has 0 atom stereocenters. The zero-order chi connectivity index (χ0) is 59.3. The highest BCUT2D eigenvalue weighted by molar-refractivity contribution is 5.98. The van der Waals surface area contributed by atoms with Crippen LogP contribution in [0, 0.1) is 27.7 Å². The lowest BCUT2D eigenvalue weighted by Crippen LogP contribution is -2.07. The SMILES string of the molecule is CC(=O)Nc1ccccc1-c1cc(C)c2ccccc2n1.CC(=O)Nc1ccccc1-c1cc(C)c2ccccc2n1.CC(=O)Nc1ccccc1-c1cc(C)c2ccccc2n1.CC(=O)Nc1ccccc1-c1cc(C)c2ccccc2n1. The Kier molecular flexibility index (Phi) is 18.4. The molecule has 416 valence electrons. The largest absolute Gasteiger partial charge is 0.326 e. The van der Waals surface area contributed by atoms with Gasteiger partial charge in [-0.2, -0.15) is 0 Å². The Morgan fingerprint density at radius 1 is 0.262 bits per heavy atom. The molecule has 0 aliphatic rings. The Hall–Kier alpha value is -10.7. The second kappa shape index (κ2) is 26.7. The molecule has 84 heavy (non-hydrogen) atoms. The van der Waals surface area contributed by atoms with Gasteiger partial charge < -0.3 is 21.3 Å². The highest BCUT2D eigenvalue weighted by Gasteiger charge is 2.14. The first-order valence-corrected chi connectivity index (χ1v) is 27.5. The third-order valence-electron chi connectivity index (χ3n) is 13.7. The van der Waals surface area contributed by atoms with Crippen LogP contribution in [0.1, 0.15) is 49.9 Å². The van der Waals surface area contributed by atoms with Gasteiger partial charge in [-0.3, -0.25) is 19.2 Å². The van der Waals surface area contributed by atoms with E-state index in [0.717, 1.165) is 111 Å². The number of carbonyl (C=O) groups is 4. The van der Waals surface area contributed by atoms with Gasteiger partial charge in [0.25, 0.3) is 0 Å². The van der Waals surface area contributed by atoms with Gasteiger partial charge in [-0.05, 0) is 123 Å². The molecule has 0 saturated carbocycles. The number of benzene rings is 8. The number of pyridine rings is 4. The number of hydrogen-bond acceptors (Lipinski definition) is 8. The number of para-hydroxylation sites is 8. The highest BCUT2D eigenvalue weighted by Crippen LogP contribution is 2.34. The third kappa shape index (κ3) is 14.2. The molecule has 0 unspecified atom stereocenters. The molecule has 4 aromatic heterocycles. The van der Waals surface area contributed by atoms with Crippen LogP contribution >= 0.6 is 0 Å². The zero-order valence-electron chi connectivity index (χ0n) is 48.2. The number of nitrogens with zero attached hydrogens (tertiary/aromatic N) is 4. The van der Waals surface area contributed by atoms with Crippen LogP contribution in [0.5, 0.6) is 0 Å². The van der Waals surface area contributed by atoms with Crippen LogP contribution in [0.3, 0.4) is 0 Å². The molecule has 0 radical (unpaired) electrons. The summed E-state index contributed by atoms with van der Waals surface area (Å²) in [6, 6.07) is 71.4. The van der Waals surface area contributed by atoms with Crippen molar-refractivity contribution < 1.29 is 19.2 Å². The maximum Gasteiger partial charge on any atom is 0.221 e. The summed E-state index contributed by atoms with van der Waals surface area (Å²) < 4.78 is 0. The van der Waals surface area contributed by atoms with E-state index in [0.29, 0.717) is 0 Å². The number of amides is 4. The molecule has 0 spiro atoms. The van der Waals surface area contributed by atoms with Crippen molar-refractivity contribution in [3.63, 3.8) is 0 Å². The molecular formula is C72H64N8O4. The van der Waals surface area contributed by atoms with Crippen molar-refractivity contribution in [2.24, 2.45) is 0 Å². The topological polar surface area (TPSA) is 168 Å². The minimum atomic E-state index is -0.0834. The molecule has 12 heteroatoms. The normalized spacial score (nSPS) is 10.6. The van der Waals surface area contributed by atoms with Gasteiger partial charge in [0.2, 0.25) is 23.6 Å². The summed E-state index contributed by atoms with van der Waals surface area (Å²) in [6.07, 6.45) is 0. The number of aryl methyl sites for hydroxylation is 4. The second-order valence-corrected chi connectivity index (χ2v) is 20.3. The van der Waals surface area contributed by atoms with Crippen LogP contribution < -0.4 is 21.3 Å². The summed E-state index contributed by atoms with van der Waals surface area (Å²) in [7, 11) is 0. The van der Waals surface area contributed by atoms with Gasteiger partial charge in [-0.1, -0.05) is 146 Å². The number of fused-ring (bicyclic) bond motifs is 4. The lowest BCUT2D eigenvalue weighted by atomic mass is 10.0. The minimum absolute atomic E-state index is 0.0834. The van der Waals surface area contributed by atoms with Crippen LogP contribution in [0.15, 0.2) is 218 Å². The zero-order valence-corrected chi connectivity index (χ0v) is 48.2. The average molecular weight is 1110 g/mol. The fourth-order valence-electron chi connectivity index (χ4n) is 9.97. The second-order valence-electron chi connectivity index (χ2n) is 20.3. The molecule has 12 nitrogen and oxygen atoms in total. The van der Waals surface area contributed by atoms with Crippen molar-refractivity contribution in [1.82, 2.24) is 19.9 Å². The van der Waals surface area contributed by atoms with Crippen LogP contribution in [0.4, 0.5) is 22.7 Å². The number of nitrogens with one attached hydrogen (secondary N) is 4. The van der Waals surface area contributed by atoms with Crippen molar-refractivity contribution in [3.05, 3.63) is 241 Å². The summed E-state index contributed by atoms with van der Waals surface area (Å²) in [5.74, 6) is -0.333. The Morgan fingerprint density at radius 3 is 0.643 bits per heavy atom. The molecule has 4 amide bonds. The molecule has 4 N–H and O–H groups in total. The Labute approximate surface area is 489 Å². The van der Waals surface area contributed by atoms with Crippen molar-refractivity contribution in [2.75, 3.05) is 21.3 Å². The molecule has 12 aromatic rings. The lowest BCUT2D eigenvalue weighted by Gasteiger charge is -2.11. The average Bonchev–Trinajstić information content (AvgIpc) is 2.75. The summed E-state index contributed by atoms with van der Waals surface area (Å²) in [5.41, 5.74) is 18.9. The number of aromatic nitrogens is 4. The standard InChI is InChI=1S/4C18H16N2O/c4*1-12-11-18(20-16-9-5-3-7-14(12)16)15-8-4-6-10-17(15)19-13(2)21/h4*3-11H,1-2H3,(H,19,21). The first kappa shape index (κ1) is 58.0. The maximum absolute atomic E-state index is 11.3. The maximum atomic E-state index is 11.3. The predicted octanol–water partition coefficient (Wildman–Crippen LogP) is 16.7. The Balaban J connectivity index is 0.000000134. The van der Waals surface area contributed by atoms with Crippen molar-refractivity contribution in [2.45, 2.75) is 55.4 Å². The lowest BCUT2D eigenvalue weighted by molar-refractivity contribution is -0.115. The first-order valence-electron chi connectivity index (χ1n) is 27.5. The number of carbonyl (C=O) groups excluding carboxylic acids is 4. The molecular weight excluding hydrogens is 1040 g/mol. The molecule has 0 bridgehead atoms. The van der Waals surface area contributed by atoms with Gasteiger partial charge in [-0.15, -0.1) is 0 Å². The minimum Gasteiger partial charge on any atom is -0.326 e. The molecule has 4 heterocycles. The Morgan fingerprint density at radius 2 is 0.440 bits per heavy atom. The molecule has 8 aromatic carbocycles. The van der Waals surface area contributed by atoms with Crippen LogP contribution in [-0.4, -0.2) is 43.6 Å². The fraction of sp³-hybridized carbons (Fsp3) is 0.111. The van der Waals surface area contributed by atoms with Crippen molar-refractivity contribution in [3.8, 4) is 45.0 Å². The van der Waals surface area contributed by atoms with E-state index in [9.17, 15) is 19.2 Å². The van der Waals surface area contributed by atoms with E-state index in [2.05, 4.69) is 97.5 Å². The van der Waals surface area contributed by atoms with E-state index >= 15 is 0 Å². The van der Waals surface area contributed by atoms with Gasteiger partial charge in [0.05, 0.1) is 67.6 Å². The van der Waals surface area contributed by atoms with E-state index in [1.165, 1.54) is 49.9 Å². The van der Waals surface area contributed by atoms with Crippen LogP contribution in [-0.2, 0) is 19.2 Å². The van der Waals surface area contributed by atoms with Gasteiger partial charge in [0.15, 0.2) is 0 Å². The Bertz CT molecular complexity index is 3860. The quantitative estimate of drug-likeness (QED) is 0.117. The summed E-state index contributed by atoms with van der Waals surface area (Å²) in [4.78, 5) is 64.3. The van der Waals surface area contributed by atoms with E-state index in [-0.39, 0.29) is 23.6 Å². The van der Waals surface area contributed by atoms with Gasteiger partial charge in [0, 0.05) is 71.5 Å². The predicted molar refractivity (Wildman–Crippen MR) is 345 cm³/mol. The fourth-order valence-corrected chi connectivity index (χ4v) is 9.97. The van der Waals surface area contributed by atoms with E-state index in [1.807, 2.05) is 170 Å². The van der Waals surface area contributed by atoms with E-state index in [4.69, 9.17) is 19.9 Å². The summed E-state index contributed by atoms with van der Waals surface area (Å²) in [5, 5.41) is 16.0. The number of rotatable bonds is 8. The van der Waals surface area contributed by atoms with Crippen molar-refractivity contribution >= 4 is 90.0 Å². The van der Waals surface area contributed by atoms with Gasteiger partial charge >= 0.3 is 0 Å². The highest BCUT2D eigenvalue weighted by atomic mass is 16.2. The van der Waals surface area contributed by atoms with Crippen LogP contribution in [0.2, 0.25) is 0 Å². The molecule has 0 fully saturated rings. The summed E-state index contributed by atoms with van der Waals surface area (Å²) in [6.45, 7) is 14.4. The van der Waals surface area contributed by atoms with Gasteiger partial charge in [-0.25, -0.2) is 19.9 Å². The molecule has 12 rings (SSSR count).